The maximum atomic E-state index is 15.0. The number of halogens is 2. The van der Waals surface area contributed by atoms with Crippen molar-refractivity contribution in [2.45, 2.75) is 0 Å². The minimum absolute atomic E-state index is 0.533. The molecule has 7 heteroatoms. The lowest BCUT2D eigenvalue weighted by atomic mass is 10.0. The van der Waals surface area contributed by atoms with E-state index >= 15 is 0 Å². The summed E-state index contributed by atoms with van der Waals surface area (Å²) in [5, 5.41) is 0. The molecule has 0 aromatic heterocycles. The Morgan fingerprint density at radius 3 is 1.26 bits per heavy atom. The van der Waals surface area contributed by atoms with E-state index in [1.165, 1.54) is 0 Å². The maximum absolute atomic E-state index is 15.0. The number of quaternary nitrogens is 1. The van der Waals surface area contributed by atoms with Gasteiger partial charge < -0.3 is 22.8 Å². The summed E-state index contributed by atoms with van der Waals surface area (Å²) in [5.41, 5.74) is 11.0. The van der Waals surface area contributed by atoms with Crippen LogP contribution in [0.4, 0.5) is 42.8 Å². The highest BCUT2D eigenvalue weighted by Crippen LogP contribution is 2.37. The molecule has 0 saturated heterocycles. The summed E-state index contributed by atoms with van der Waals surface area (Å²) >= 11 is 0. The highest BCUT2D eigenvalue weighted by atomic mass is 19.2. The molecule has 4 nitrogen and oxygen atoms in total. The Hall–Kier alpha value is -7.09. The first kappa shape index (κ1) is 36.9. The number of para-hydroxylation sites is 4. The van der Waals surface area contributed by atoms with E-state index in [9.17, 15) is 8.63 Å². The molecule has 6 aromatic rings. The monoisotopic (exact) mass is 747 g/mol. The van der Waals surface area contributed by atoms with Gasteiger partial charge in [-0.05, 0) is 102 Å². The van der Waals surface area contributed by atoms with Crippen LogP contribution in [0.15, 0.2) is 229 Å². The molecule has 2 heterocycles. The van der Waals surface area contributed by atoms with Gasteiger partial charge >= 0.3 is 7.40 Å². The van der Waals surface area contributed by atoms with E-state index < -0.39 is 11.8 Å². The van der Waals surface area contributed by atoms with Gasteiger partial charge in [-0.25, -0.2) is 4.99 Å². The molecule has 0 amide bonds. The standard InChI is InChI=1S/C50H41BF2N4/c1-57(51(52)53)49(35-27-40-25-33-48(34-26-40)56(45-18-10-4-11-19-45)46-20-12-5-13-21-46)36-37-50(57)38-42-30-29-41(54-42)28-22-39-23-31-47(32-24-39)55(43-14-6-2-7-15-43)44-16-8-3-9-17-44/h2-38,51H,1H3/p+1/b28-22+,35-27+,42-38-. The summed E-state index contributed by atoms with van der Waals surface area (Å²) in [6.45, 7) is 0. The van der Waals surface area contributed by atoms with Gasteiger partial charge in [0.15, 0.2) is 0 Å². The molecule has 6 aromatic carbocycles. The van der Waals surface area contributed by atoms with E-state index in [4.69, 9.17) is 0 Å². The topological polar surface area (TPSA) is 20.5 Å². The molecule has 1 atom stereocenters. The summed E-state index contributed by atoms with van der Waals surface area (Å²) in [6, 6.07) is 57.6. The average Bonchev–Trinajstić information content (AvgIpc) is 3.85. The van der Waals surface area contributed by atoms with E-state index in [1.54, 1.807) is 19.2 Å². The fourth-order valence-corrected chi connectivity index (χ4v) is 7.15. The van der Waals surface area contributed by atoms with Gasteiger partial charge in [0, 0.05) is 71.6 Å². The summed E-state index contributed by atoms with van der Waals surface area (Å²) in [4.78, 5) is 7.81. The Balaban J connectivity index is 0.946. The molecule has 0 spiro atoms. The molecule has 2 aliphatic rings. The zero-order valence-corrected chi connectivity index (χ0v) is 31.7. The Morgan fingerprint density at radius 1 is 0.456 bits per heavy atom. The van der Waals surface area contributed by atoms with Crippen molar-refractivity contribution in [2.75, 3.05) is 16.8 Å². The average molecular weight is 748 g/mol. The van der Waals surface area contributed by atoms with Gasteiger partial charge in [-0.2, -0.15) is 0 Å². The number of nitrogens with zero attached hydrogens (tertiary/aromatic N) is 3. The summed E-state index contributed by atoms with van der Waals surface area (Å²) in [5.74, 6) is 0. The minimum atomic E-state index is -3.60. The van der Waals surface area contributed by atoms with Gasteiger partial charge in [-0.1, -0.05) is 97.1 Å². The number of nitrogens with one attached hydrogen (secondary N) is 1. The SMILES string of the molecule is C[N+]1([BH-](F)F)C(/C=C2/C=CC(/C=C/c3ccc(N(c4ccccc4)c4ccccc4)cc3)=[NH+]2)=CC=C1/C=C/c1ccc(N(c2ccccc2)c2ccccc2)cc1. The van der Waals surface area contributed by atoms with Gasteiger partial charge in [0.25, 0.3) is 0 Å². The second kappa shape index (κ2) is 16.7. The highest BCUT2D eigenvalue weighted by molar-refractivity contribution is 6.34. The van der Waals surface area contributed by atoms with Crippen molar-refractivity contribution in [3.63, 3.8) is 0 Å². The van der Waals surface area contributed by atoms with E-state index in [2.05, 4.69) is 99.7 Å². The van der Waals surface area contributed by atoms with Crippen molar-refractivity contribution in [3.05, 3.63) is 241 Å². The van der Waals surface area contributed by atoms with Gasteiger partial charge in [0.2, 0.25) is 11.4 Å². The minimum Gasteiger partial charge on any atom is -0.422 e. The number of hydrogen-bond acceptors (Lipinski definition) is 2. The third-order valence-corrected chi connectivity index (χ3v) is 10.3. The van der Waals surface area contributed by atoms with E-state index in [1.807, 2.05) is 127 Å². The molecule has 1 unspecified atom stereocenters. The molecular weight excluding hydrogens is 705 g/mol. The molecule has 0 aliphatic carbocycles. The summed E-state index contributed by atoms with van der Waals surface area (Å²) < 4.78 is 29.4. The lowest BCUT2D eigenvalue weighted by Crippen LogP contribution is -2.67. The predicted octanol–water partition coefficient (Wildman–Crippen LogP) is 11.2. The van der Waals surface area contributed by atoms with Crippen molar-refractivity contribution >= 4 is 59.4 Å². The normalized spacial score (nSPS) is 17.1. The Labute approximate surface area is 333 Å². The maximum Gasteiger partial charge on any atom is 0.536 e. The molecule has 278 valence electrons. The Morgan fingerprint density at radius 2 is 0.842 bits per heavy atom. The molecule has 1 N–H and O–H groups in total. The first-order chi connectivity index (χ1) is 28.0. The van der Waals surface area contributed by atoms with Crippen LogP contribution in [-0.2, 0) is 0 Å². The summed E-state index contributed by atoms with van der Waals surface area (Å²) in [6.07, 6.45) is 17.1. The van der Waals surface area contributed by atoms with Crippen molar-refractivity contribution in [1.29, 1.82) is 0 Å². The number of likely N-dealkylation sites (N-methyl/N-ethyl adjacent to an activating group) is 1. The molecule has 0 saturated carbocycles. The third-order valence-electron chi connectivity index (χ3n) is 10.3. The number of allylic oxidation sites excluding steroid dienone is 7. The largest absolute Gasteiger partial charge is 0.536 e. The molecule has 2 aliphatic heterocycles. The van der Waals surface area contributed by atoms with Crippen molar-refractivity contribution in [3.8, 4) is 0 Å². The van der Waals surface area contributed by atoms with Crippen molar-refractivity contribution in [2.24, 2.45) is 0 Å². The van der Waals surface area contributed by atoms with Crippen molar-refractivity contribution < 1.29 is 18.0 Å². The number of hydrogen-bond donors (Lipinski definition) is 1. The highest BCUT2D eigenvalue weighted by Gasteiger charge is 2.38. The molecule has 57 heavy (non-hydrogen) atoms. The second-order valence-electron chi connectivity index (χ2n) is 14.1. The number of benzene rings is 6. The fourth-order valence-electron chi connectivity index (χ4n) is 7.15. The van der Waals surface area contributed by atoms with E-state index in [0.29, 0.717) is 11.4 Å². The predicted molar refractivity (Wildman–Crippen MR) is 235 cm³/mol. The first-order valence-corrected chi connectivity index (χ1v) is 19.1. The van der Waals surface area contributed by atoms with Crippen LogP contribution in [-0.4, -0.2) is 24.6 Å². The molecule has 0 radical (unpaired) electrons. The van der Waals surface area contributed by atoms with Crippen LogP contribution >= 0.6 is 0 Å². The van der Waals surface area contributed by atoms with Crippen LogP contribution in [0.3, 0.4) is 0 Å². The van der Waals surface area contributed by atoms with E-state index in [0.717, 1.165) is 56.7 Å². The third kappa shape index (κ3) is 8.15. The zero-order chi connectivity index (χ0) is 39.0. The number of anilines is 6. The quantitative estimate of drug-likeness (QED) is 0.126. The summed E-state index contributed by atoms with van der Waals surface area (Å²) in [7, 11) is -2.01. The zero-order valence-electron chi connectivity index (χ0n) is 31.7. The van der Waals surface area contributed by atoms with Crippen LogP contribution in [0.25, 0.3) is 12.2 Å². The molecule has 8 rings (SSSR count). The number of rotatable bonds is 12. The lowest BCUT2D eigenvalue weighted by Gasteiger charge is -2.39. The second-order valence-corrected chi connectivity index (χ2v) is 14.1. The van der Waals surface area contributed by atoms with Crippen LogP contribution in [0.1, 0.15) is 11.1 Å². The molecule has 0 bridgehead atoms. The fraction of sp³-hybridized carbons (Fsp3) is 0.0200. The molecular formula is C50H42BF2N4+. The van der Waals surface area contributed by atoms with Gasteiger partial charge in [-0.15, -0.1) is 0 Å². The first-order valence-electron chi connectivity index (χ1n) is 19.1. The van der Waals surface area contributed by atoms with Crippen LogP contribution in [0, 0.1) is 0 Å². The van der Waals surface area contributed by atoms with Crippen LogP contribution in [0.5, 0.6) is 0 Å². The smallest absolute Gasteiger partial charge is 0.422 e. The van der Waals surface area contributed by atoms with Crippen molar-refractivity contribution in [1.82, 2.24) is 0 Å². The van der Waals surface area contributed by atoms with Crippen LogP contribution in [0.2, 0.25) is 0 Å². The molecule has 0 fully saturated rings. The van der Waals surface area contributed by atoms with Gasteiger partial charge in [-0.3, -0.25) is 0 Å². The Kier molecular flexibility index (Phi) is 10.8. The van der Waals surface area contributed by atoms with Crippen LogP contribution < -0.4 is 14.8 Å². The Bertz CT molecular complexity index is 2450. The van der Waals surface area contributed by atoms with Gasteiger partial charge in [0.05, 0.1) is 11.8 Å². The lowest BCUT2D eigenvalue weighted by molar-refractivity contribution is -0.725. The van der Waals surface area contributed by atoms with Gasteiger partial charge in [0.1, 0.15) is 5.70 Å². The van der Waals surface area contributed by atoms with E-state index in [-0.39, 0.29) is 0 Å².